The summed E-state index contributed by atoms with van der Waals surface area (Å²) < 4.78 is 5.49. The minimum absolute atomic E-state index is 0.0477. The maximum absolute atomic E-state index is 11.1. The lowest BCUT2D eigenvalue weighted by Crippen LogP contribution is -2.20. The largest absolute Gasteiger partial charge is 0.491 e. The van der Waals surface area contributed by atoms with Crippen molar-refractivity contribution in [1.29, 1.82) is 0 Å². The number of halogens is 1. The molecule has 1 atom stereocenters. The highest BCUT2D eigenvalue weighted by molar-refractivity contribution is 6.32. The number of rotatable bonds is 7. The average molecular weight is 285 g/mol. The summed E-state index contributed by atoms with van der Waals surface area (Å²) >= 11 is 6.17. The lowest BCUT2D eigenvalue weighted by Gasteiger charge is -2.14. The molecule has 1 amide bonds. The highest BCUT2D eigenvalue weighted by atomic mass is 35.5. The highest BCUT2D eigenvalue weighted by Gasteiger charge is 2.08. The maximum atomic E-state index is 11.1. The molecule has 0 saturated heterocycles. The molecule has 106 valence electrons. The van der Waals surface area contributed by atoms with Crippen molar-refractivity contribution in [2.75, 3.05) is 20.2 Å². The monoisotopic (exact) mass is 284 g/mol. The van der Waals surface area contributed by atoms with Crippen molar-refractivity contribution in [3.63, 3.8) is 0 Å². The van der Waals surface area contributed by atoms with Crippen LogP contribution < -0.4 is 15.4 Å². The molecule has 0 aliphatic rings. The van der Waals surface area contributed by atoms with Crippen molar-refractivity contribution in [1.82, 2.24) is 10.6 Å². The molecule has 0 heterocycles. The van der Waals surface area contributed by atoms with Gasteiger partial charge in [0.05, 0.1) is 18.1 Å². The van der Waals surface area contributed by atoms with Crippen molar-refractivity contribution in [2.45, 2.75) is 26.3 Å². The van der Waals surface area contributed by atoms with Gasteiger partial charge < -0.3 is 15.4 Å². The summed E-state index contributed by atoms with van der Waals surface area (Å²) in [6.07, 6.45) is 0.322. The van der Waals surface area contributed by atoms with Crippen LogP contribution in [0.15, 0.2) is 18.2 Å². The Balaban J connectivity index is 2.59. The van der Waals surface area contributed by atoms with Gasteiger partial charge in [-0.3, -0.25) is 4.79 Å². The SMILES string of the molecule is CCNC(C)c1ccc(OCCC(=O)NC)c(Cl)c1. The van der Waals surface area contributed by atoms with Crippen LogP contribution in [0.5, 0.6) is 5.75 Å². The maximum Gasteiger partial charge on any atom is 0.223 e. The van der Waals surface area contributed by atoms with Crippen LogP contribution in [0.2, 0.25) is 5.02 Å². The number of carbonyl (C=O) groups excluding carboxylic acids is 1. The Kier molecular flexibility index (Phi) is 6.67. The van der Waals surface area contributed by atoms with E-state index in [-0.39, 0.29) is 11.9 Å². The average Bonchev–Trinajstić information content (AvgIpc) is 2.40. The zero-order chi connectivity index (χ0) is 14.3. The normalized spacial score (nSPS) is 12.0. The smallest absolute Gasteiger partial charge is 0.223 e. The number of hydrogen-bond acceptors (Lipinski definition) is 3. The van der Waals surface area contributed by atoms with E-state index in [2.05, 4.69) is 24.5 Å². The van der Waals surface area contributed by atoms with Crippen LogP contribution in [0.3, 0.4) is 0 Å². The summed E-state index contributed by atoms with van der Waals surface area (Å²) in [4.78, 5) is 11.1. The summed E-state index contributed by atoms with van der Waals surface area (Å²) in [5.74, 6) is 0.562. The number of ether oxygens (including phenoxy) is 1. The minimum atomic E-state index is -0.0477. The van der Waals surface area contributed by atoms with E-state index in [1.54, 1.807) is 7.05 Å². The Hall–Kier alpha value is -1.26. The molecule has 0 aromatic heterocycles. The van der Waals surface area contributed by atoms with Gasteiger partial charge in [0, 0.05) is 13.1 Å². The first-order chi connectivity index (χ1) is 9.08. The molecule has 1 aromatic carbocycles. The summed E-state index contributed by atoms with van der Waals surface area (Å²) in [5.41, 5.74) is 1.12. The van der Waals surface area contributed by atoms with Crippen LogP contribution >= 0.6 is 11.6 Å². The number of hydrogen-bond donors (Lipinski definition) is 2. The quantitative estimate of drug-likeness (QED) is 0.809. The topological polar surface area (TPSA) is 50.4 Å². The van der Waals surface area contributed by atoms with Crippen LogP contribution in [0.1, 0.15) is 31.9 Å². The first kappa shape index (κ1) is 15.8. The third kappa shape index (κ3) is 5.09. The van der Waals surface area contributed by atoms with Crippen LogP contribution in [0.25, 0.3) is 0 Å². The molecule has 5 heteroatoms. The number of carbonyl (C=O) groups is 1. The van der Waals surface area contributed by atoms with Crippen LogP contribution in [-0.4, -0.2) is 26.1 Å². The number of amides is 1. The number of nitrogens with one attached hydrogen (secondary N) is 2. The van der Waals surface area contributed by atoms with E-state index in [0.717, 1.165) is 12.1 Å². The van der Waals surface area contributed by atoms with Gasteiger partial charge in [-0.25, -0.2) is 0 Å². The molecular formula is C14H21ClN2O2. The van der Waals surface area contributed by atoms with E-state index in [9.17, 15) is 4.79 Å². The van der Waals surface area contributed by atoms with E-state index in [1.807, 2.05) is 18.2 Å². The fourth-order valence-corrected chi connectivity index (χ4v) is 1.95. The Morgan fingerprint density at radius 2 is 2.21 bits per heavy atom. The number of benzene rings is 1. The minimum Gasteiger partial charge on any atom is -0.491 e. The third-order valence-electron chi connectivity index (χ3n) is 2.83. The molecule has 19 heavy (non-hydrogen) atoms. The van der Waals surface area contributed by atoms with Gasteiger partial charge in [0.2, 0.25) is 5.91 Å². The Bertz CT molecular complexity index is 424. The van der Waals surface area contributed by atoms with Gasteiger partial charge in [0.1, 0.15) is 5.75 Å². The van der Waals surface area contributed by atoms with Crippen molar-refractivity contribution in [3.8, 4) is 5.75 Å². The lowest BCUT2D eigenvalue weighted by molar-refractivity contribution is -0.121. The van der Waals surface area contributed by atoms with Gasteiger partial charge in [0.15, 0.2) is 0 Å². The molecule has 0 fully saturated rings. The van der Waals surface area contributed by atoms with E-state index >= 15 is 0 Å². The first-order valence-corrected chi connectivity index (χ1v) is 6.82. The summed E-state index contributed by atoms with van der Waals surface area (Å²) in [5, 5.41) is 6.43. The molecule has 0 saturated carbocycles. The van der Waals surface area contributed by atoms with Gasteiger partial charge >= 0.3 is 0 Å². The van der Waals surface area contributed by atoms with Crippen LogP contribution in [-0.2, 0) is 4.79 Å². The molecule has 1 unspecified atom stereocenters. The second-order valence-electron chi connectivity index (χ2n) is 4.24. The van der Waals surface area contributed by atoms with Gasteiger partial charge in [0.25, 0.3) is 0 Å². The molecule has 0 bridgehead atoms. The molecule has 0 aliphatic carbocycles. The summed E-state index contributed by atoms with van der Waals surface area (Å²) in [6, 6.07) is 5.97. The van der Waals surface area contributed by atoms with Gasteiger partial charge in [-0.1, -0.05) is 24.6 Å². The fraction of sp³-hybridized carbons (Fsp3) is 0.500. The van der Waals surface area contributed by atoms with Gasteiger partial charge in [-0.05, 0) is 31.2 Å². The second kappa shape index (κ2) is 8.02. The Morgan fingerprint density at radius 1 is 1.47 bits per heavy atom. The zero-order valence-electron chi connectivity index (χ0n) is 11.6. The van der Waals surface area contributed by atoms with Crippen LogP contribution in [0.4, 0.5) is 0 Å². The molecule has 0 aliphatic heterocycles. The second-order valence-corrected chi connectivity index (χ2v) is 4.65. The van der Waals surface area contributed by atoms with E-state index < -0.39 is 0 Å². The van der Waals surface area contributed by atoms with Gasteiger partial charge in [-0.2, -0.15) is 0 Å². The molecule has 1 aromatic rings. The van der Waals surface area contributed by atoms with Crippen molar-refractivity contribution >= 4 is 17.5 Å². The zero-order valence-corrected chi connectivity index (χ0v) is 12.4. The van der Waals surface area contributed by atoms with Crippen molar-refractivity contribution in [2.24, 2.45) is 0 Å². The van der Waals surface area contributed by atoms with Crippen molar-refractivity contribution < 1.29 is 9.53 Å². The van der Waals surface area contributed by atoms with Crippen LogP contribution in [0, 0.1) is 0 Å². The third-order valence-corrected chi connectivity index (χ3v) is 3.13. The molecule has 2 N–H and O–H groups in total. The lowest BCUT2D eigenvalue weighted by atomic mass is 10.1. The van der Waals surface area contributed by atoms with E-state index in [0.29, 0.717) is 23.8 Å². The van der Waals surface area contributed by atoms with Gasteiger partial charge in [-0.15, -0.1) is 0 Å². The molecule has 0 radical (unpaired) electrons. The fourth-order valence-electron chi connectivity index (χ4n) is 1.71. The Morgan fingerprint density at radius 3 is 2.79 bits per heavy atom. The first-order valence-electron chi connectivity index (χ1n) is 6.44. The standard InChI is InChI=1S/C14H21ClN2O2/c1-4-17-10(2)11-5-6-13(12(15)9-11)19-8-7-14(18)16-3/h5-6,9-10,17H,4,7-8H2,1-3H3,(H,16,18). The predicted molar refractivity (Wildman–Crippen MR) is 77.7 cm³/mol. The Labute approximate surface area is 119 Å². The summed E-state index contributed by atoms with van der Waals surface area (Å²) in [7, 11) is 1.60. The molecule has 0 spiro atoms. The molecular weight excluding hydrogens is 264 g/mol. The predicted octanol–water partition coefficient (Wildman–Crippen LogP) is 2.53. The van der Waals surface area contributed by atoms with E-state index in [1.165, 1.54) is 0 Å². The van der Waals surface area contributed by atoms with Crippen molar-refractivity contribution in [3.05, 3.63) is 28.8 Å². The molecule has 4 nitrogen and oxygen atoms in total. The molecule has 1 rings (SSSR count). The highest BCUT2D eigenvalue weighted by Crippen LogP contribution is 2.28. The van der Waals surface area contributed by atoms with E-state index in [4.69, 9.17) is 16.3 Å². The summed E-state index contributed by atoms with van der Waals surface area (Å²) in [6.45, 7) is 5.38.